The zero-order valence-electron chi connectivity index (χ0n) is 17.2. The molecule has 158 valence electrons. The van der Waals surface area contributed by atoms with Gasteiger partial charge in [0.1, 0.15) is 17.8 Å². The number of aromatic nitrogens is 2. The second kappa shape index (κ2) is 8.94. The van der Waals surface area contributed by atoms with Crippen molar-refractivity contribution in [3.05, 3.63) is 48.5 Å². The number of ether oxygens (including phenoxy) is 1. The third kappa shape index (κ3) is 5.79. The van der Waals surface area contributed by atoms with E-state index < -0.39 is 11.7 Å². The van der Waals surface area contributed by atoms with Gasteiger partial charge in [-0.25, -0.2) is 9.37 Å². The van der Waals surface area contributed by atoms with Gasteiger partial charge in [-0.2, -0.15) is 0 Å². The number of nitrogens with one attached hydrogen (secondary N) is 3. The minimum absolute atomic E-state index is 0.0154. The van der Waals surface area contributed by atoms with E-state index in [-0.39, 0.29) is 29.2 Å². The molecular weight excluding hydrogens is 387 g/mol. The highest BCUT2D eigenvalue weighted by atomic mass is 19.1. The molecule has 0 saturated carbocycles. The predicted molar refractivity (Wildman–Crippen MR) is 113 cm³/mol. The molecular formula is C22H25FN4O3. The van der Waals surface area contributed by atoms with E-state index in [1.165, 1.54) is 12.1 Å². The summed E-state index contributed by atoms with van der Waals surface area (Å²) in [5.74, 6) is -1.04. The van der Waals surface area contributed by atoms with Crippen molar-refractivity contribution in [3.8, 4) is 11.5 Å². The van der Waals surface area contributed by atoms with Gasteiger partial charge in [-0.3, -0.25) is 9.59 Å². The Morgan fingerprint density at radius 2 is 1.93 bits per heavy atom. The van der Waals surface area contributed by atoms with Crippen molar-refractivity contribution >= 4 is 28.5 Å². The number of benzene rings is 1. The van der Waals surface area contributed by atoms with Gasteiger partial charge in [0.05, 0.1) is 5.39 Å². The maximum atomic E-state index is 14.5. The Morgan fingerprint density at radius 3 is 2.67 bits per heavy atom. The summed E-state index contributed by atoms with van der Waals surface area (Å²) < 4.78 is 20.1. The minimum Gasteiger partial charge on any atom is -0.453 e. The van der Waals surface area contributed by atoms with Crippen LogP contribution in [-0.2, 0) is 9.59 Å². The first-order valence-electron chi connectivity index (χ1n) is 9.67. The monoisotopic (exact) mass is 412 g/mol. The number of hydrogen-bond donors (Lipinski definition) is 3. The Labute approximate surface area is 174 Å². The molecule has 0 radical (unpaired) electrons. The first kappa shape index (κ1) is 21.3. The summed E-state index contributed by atoms with van der Waals surface area (Å²) in [5, 5.41) is 5.97. The van der Waals surface area contributed by atoms with E-state index in [0.29, 0.717) is 17.9 Å². The van der Waals surface area contributed by atoms with Crippen molar-refractivity contribution in [2.75, 3.05) is 11.9 Å². The zero-order chi connectivity index (χ0) is 21.7. The summed E-state index contributed by atoms with van der Waals surface area (Å²) in [6.45, 7) is 6.72. The third-order valence-corrected chi connectivity index (χ3v) is 4.37. The number of anilines is 1. The molecule has 2 aromatic heterocycles. The van der Waals surface area contributed by atoms with Crippen LogP contribution in [0.15, 0.2) is 42.7 Å². The van der Waals surface area contributed by atoms with Gasteiger partial charge in [0, 0.05) is 30.7 Å². The standard InChI is InChI=1S/C22H25FN4O3/c1-22(2,3)8-11-24-19(28)13-20(29)27-14-4-5-18(16(23)12-14)30-17-7-10-26-21-15(17)6-9-25-21/h4-7,9-10,12H,8,11,13H2,1-3H3,(H,24,28)(H,25,26)(H,27,29). The molecule has 3 N–H and O–H groups in total. The summed E-state index contributed by atoms with van der Waals surface area (Å²) in [7, 11) is 0. The first-order valence-corrected chi connectivity index (χ1v) is 9.67. The van der Waals surface area contributed by atoms with Gasteiger partial charge in [0.25, 0.3) is 0 Å². The normalized spacial score (nSPS) is 11.3. The van der Waals surface area contributed by atoms with Gasteiger partial charge in [0.15, 0.2) is 11.6 Å². The fraction of sp³-hybridized carbons (Fsp3) is 0.318. The number of carbonyl (C=O) groups excluding carboxylic acids is 2. The molecule has 0 bridgehead atoms. The van der Waals surface area contributed by atoms with Crippen LogP contribution in [0.4, 0.5) is 10.1 Å². The van der Waals surface area contributed by atoms with Crippen LogP contribution in [-0.4, -0.2) is 28.3 Å². The van der Waals surface area contributed by atoms with Crippen molar-refractivity contribution in [2.24, 2.45) is 5.41 Å². The fourth-order valence-electron chi connectivity index (χ4n) is 2.79. The highest BCUT2D eigenvalue weighted by Gasteiger charge is 2.14. The Balaban J connectivity index is 1.57. The molecule has 0 aliphatic carbocycles. The largest absolute Gasteiger partial charge is 0.453 e. The number of pyridine rings is 1. The molecule has 0 atom stereocenters. The Bertz CT molecular complexity index is 1060. The average molecular weight is 412 g/mol. The number of amides is 2. The van der Waals surface area contributed by atoms with Crippen LogP contribution in [0.2, 0.25) is 0 Å². The SMILES string of the molecule is CC(C)(C)CCNC(=O)CC(=O)Nc1ccc(Oc2ccnc3[nH]ccc23)c(F)c1. The average Bonchev–Trinajstić information content (AvgIpc) is 3.12. The van der Waals surface area contributed by atoms with Crippen LogP contribution in [0.3, 0.4) is 0 Å². The molecule has 0 fully saturated rings. The summed E-state index contributed by atoms with van der Waals surface area (Å²) in [4.78, 5) is 31.0. The van der Waals surface area contributed by atoms with Crippen LogP contribution in [0, 0.1) is 11.2 Å². The molecule has 8 heteroatoms. The molecule has 1 aromatic carbocycles. The lowest BCUT2D eigenvalue weighted by atomic mass is 9.92. The van der Waals surface area contributed by atoms with Crippen LogP contribution >= 0.6 is 0 Å². The van der Waals surface area contributed by atoms with E-state index in [1.54, 1.807) is 24.5 Å². The second-order valence-corrected chi connectivity index (χ2v) is 8.18. The van der Waals surface area contributed by atoms with Crippen molar-refractivity contribution < 1.29 is 18.7 Å². The Hall–Kier alpha value is -3.42. The van der Waals surface area contributed by atoms with Crippen molar-refractivity contribution in [1.82, 2.24) is 15.3 Å². The number of halogens is 1. The van der Waals surface area contributed by atoms with Crippen LogP contribution < -0.4 is 15.4 Å². The third-order valence-electron chi connectivity index (χ3n) is 4.37. The highest BCUT2D eigenvalue weighted by Crippen LogP contribution is 2.31. The fourth-order valence-corrected chi connectivity index (χ4v) is 2.79. The van der Waals surface area contributed by atoms with Gasteiger partial charge in [-0.15, -0.1) is 0 Å². The topological polar surface area (TPSA) is 96.1 Å². The maximum absolute atomic E-state index is 14.5. The van der Waals surface area contributed by atoms with Gasteiger partial charge >= 0.3 is 0 Å². The summed E-state index contributed by atoms with van der Waals surface area (Å²) >= 11 is 0. The lowest BCUT2D eigenvalue weighted by molar-refractivity contribution is -0.126. The predicted octanol–water partition coefficient (Wildman–Crippen LogP) is 4.38. The molecule has 7 nitrogen and oxygen atoms in total. The van der Waals surface area contributed by atoms with Gasteiger partial charge in [-0.05, 0) is 36.1 Å². The van der Waals surface area contributed by atoms with E-state index in [4.69, 9.17) is 4.74 Å². The Morgan fingerprint density at radius 1 is 1.13 bits per heavy atom. The first-order chi connectivity index (χ1) is 14.2. The molecule has 0 unspecified atom stereocenters. The highest BCUT2D eigenvalue weighted by molar-refractivity contribution is 6.03. The summed E-state index contributed by atoms with van der Waals surface area (Å²) in [6, 6.07) is 7.52. The smallest absolute Gasteiger partial charge is 0.233 e. The summed E-state index contributed by atoms with van der Waals surface area (Å²) in [6.07, 6.45) is 3.76. The minimum atomic E-state index is -0.636. The molecule has 0 spiro atoms. The number of fused-ring (bicyclic) bond motifs is 1. The number of rotatable bonds is 7. The second-order valence-electron chi connectivity index (χ2n) is 8.18. The zero-order valence-corrected chi connectivity index (χ0v) is 17.2. The lowest BCUT2D eigenvalue weighted by Gasteiger charge is -2.17. The van der Waals surface area contributed by atoms with E-state index in [9.17, 15) is 14.0 Å². The van der Waals surface area contributed by atoms with Crippen molar-refractivity contribution in [3.63, 3.8) is 0 Å². The van der Waals surface area contributed by atoms with Crippen molar-refractivity contribution in [2.45, 2.75) is 33.6 Å². The number of nitrogens with zero attached hydrogens (tertiary/aromatic N) is 1. The molecule has 2 heterocycles. The molecule has 30 heavy (non-hydrogen) atoms. The van der Waals surface area contributed by atoms with E-state index in [0.717, 1.165) is 17.9 Å². The van der Waals surface area contributed by atoms with E-state index in [1.807, 2.05) is 0 Å². The summed E-state index contributed by atoms with van der Waals surface area (Å²) in [5.41, 5.74) is 0.978. The van der Waals surface area contributed by atoms with Crippen LogP contribution in [0.25, 0.3) is 11.0 Å². The van der Waals surface area contributed by atoms with Gasteiger partial charge in [-0.1, -0.05) is 20.8 Å². The van der Waals surface area contributed by atoms with Crippen LogP contribution in [0.5, 0.6) is 11.5 Å². The number of H-pyrrole nitrogens is 1. The molecule has 0 aliphatic rings. The van der Waals surface area contributed by atoms with E-state index in [2.05, 4.69) is 41.4 Å². The van der Waals surface area contributed by atoms with Crippen LogP contribution in [0.1, 0.15) is 33.6 Å². The molecule has 0 saturated heterocycles. The number of carbonyl (C=O) groups is 2. The number of hydrogen-bond acceptors (Lipinski definition) is 4. The molecule has 3 rings (SSSR count). The van der Waals surface area contributed by atoms with Gasteiger partial charge in [0.2, 0.25) is 11.8 Å². The molecule has 0 aliphatic heterocycles. The maximum Gasteiger partial charge on any atom is 0.233 e. The molecule has 2 amide bonds. The number of aromatic amines is 1. The lowest BCUT2D eigenvalue weighted by Crippen LogP contribution is -2.30. The quantitative estimate of drug-likeness (QED) is 0.502. The van der Waals surface area contributed by atoms with Gasteiger partial charge < -0.3 is 20.4 Å². The molecule has 3 aromatic rings. The Kier molecular flexibility index (Phi) is 6.34. The van der Waals surface area contributed by atoms with Crippen molar-refractivity contribution in [1.29, 1.82) is 0 Å². The van der Waals surface area contributed by atoms with E-state index >= 15 is 0 Å².